The monoisotopic (exact) mass is 497 g/mol. The van der Waals surface area contributed by atoms with Crippen molar-refractivity contribution in [3.8, 4) is 0 Å². The second-order valence-electron chi connectivity index (χ2n) is 11.7. The first-order valence-electron chi connectivity index (χ1n) is 13.5. The second kappa shape index (κ2) is 10.6. The zero-order chi connectivity index (χ0) is 25.3. The molecular weight excluding hydrogens is 454 g/mol. The molecular formula is C29H43NO4Si. The fourth-order valence-electron chi connectivity index (χ4n) is 7.48. The van der Waals surface area contributed by atoms with Crippen LogP contribution < -0.4 is 0 Å². The van der Waals surface area contributed by atoms with Gasteiger partial charge in [0.2, 0.25) is 5.91 Å². The van der Waals surface area contributed by atoms with Gasteiger partial charge in [-0.3, -0.25) is 4.79 Å². The molecule has 1 heterocycles. The summed E-state index contributed by atoms with van der Waals surface area (Å²) in [4.78, 5) is 28.0. The summed E-state index contributed by atoms with van der Waals surface area (Å²) in [5, 5.41) is 0. The molecule has 2 amide bonds. The highest BCUT2D eigenvalue weighted by atomic mass is 28.4. The first-order valence-corrected chi connectivity index (χ1v) is 15.7. The quantitative estimate of drug-likeness (QED) is 0.270. The van der Waals surface area contributed by atoms with Crippen molar-refractivity contribution in [3.05, 3.63) is 48.0 Å². The van der Waals surface area contributed by atoms with E-state index in [2.05, 4.69) is 53.7 Å². The van der Waals surface area contributed by atoms with E-state index in [0.29, 0.717) is 35.6 Å². The van der Waals surface area contributed by atoms with Crippen molar-refractivity contribution in [1.29, 1.82) is 0 Å². The van der Waals surface area contributed by atoms with Crippen molar-refractivity contribution in [2.45, 2.75) is 83.5 Å². The highest BCUT2D eigenvalue weighted by molar-refractivity contribution is 6.77. The van der Waals surface area contributed by atoms with E-state index >= 15 is 0 Å². The van der Waals surface area contributed by atoms with Crippen LogP contribution in [0.5, 0.6) is 0 Å². The maximum atomic E-state index is 13.9. The molecule has 1 saturated heterocycles. The minimum Gasteiger partial charge on any atom is -0.447 e. The van der Waals surface area contributed by atoms with Gasteiger partial charge >= 0.3 is 6.09 Å². The van der Waals surface area contributed by atoms with E-state index in [-0.39, 0.29) is 36.3 Å². The molecule has 0 aromatic heterocycles. The molecule has 2 bridgehead atoms. The molecule has 1 saturated carbocycles. The van der Waals surface area contributed by atoms with E-state index < -0.39 is 14.4 Å². The van der Waals surface area contributed by atoms with Crippen molar-refractivity contribution in [2.24, 2.45) is 23.7 Å². The van der Waals surface area contributed by atoms with Gasteiger partial charge in [-0.2, -0.15) is 0 Å². The van der Waals surface area contributed by atoms with Gasteiger partial charge in [0, 0.05) is 12.5 Å². The smallest absolute Gasteiger partial charge is 0.416 e. The van der Waals surface area contributed by atoms with Crippen LogP contribution in [0.4, 0.5) is 4.79 Å². The van der Waals surface area contributed by atoms with Crippen molar-refractivity contribution >= 4 is 20.3 Å². The number of cyclic esters (lactones) is 1. The van der Waals surface area contributed by atoms with Crippen molar-refractivity contribution in [3.63, 3.8) is 0 Å². The molecule has 1 aromatic rings. The third-order valence-electron chi connectivity index (χ3n) is 8.93. The molecule has 4 rings (SSSR count). The first-order chi connectivity index (χ1) is 16.7. The Bertz CT molecular complexity index is 906. The minimum atomic E-state index is -1.95. The van der Waals surface area contributed by atoms with Gasteiger partial charge in [0.25, 0.3) is 0 Å². The molecule has 2 aliphatic carbocycles. The Labute approximate surface area is 212 Å². The van der Waals surface area contributed by atoms with Crippen LogP contribution in [0.2, 0.25) is 16.6 Å². The van der Waals surface area contributed by atoms with Crippen molar-refractivity contribution < 1.29 is 18.8 Å². The average molecular weight is 498 g/mol. The third kappa shape index (κ3) is 4.88. The van der Waals surface area contributed by atoms with Crippen LogP contribution >= 0.6 is 0 Å². The zero-order valence-electron chi connectivity index (χ0n) is 22.3. The number of ether oxygens (including phenoxy) is 1. The highest BCUT2D eigenvalue weighted by Gasteiger charge is 2.52. The van der Waals surface area contributed by atoms with Crippen LogP contribution in [-0.2, 0) is 20.4 Å². The van der Waals surface area contributed by atoms with Crippen molar-refractivity contribution in [2.75, 3.05) is 13.2 Å². The molecule has 5 atom stereocenters. The van der Waals surface area contributed by atoms with E-state index in [1.165, 1.54) is 4.90 Å². The van der Waals surface area contributed by atoms with E-state index in [9.17, 15) is 9.59 Å². The summed E-state index contributed by atoms with van der Waals surface area (Å²) >= 11 is 0. The predicted molar refractivity (Wildman–Crippen MR) is 141 cm³/mol. The SMILES string of the molecule is CC(C)[Si](OCC[C@@H]1[C@@H](C(=O)N2C(=O)OC[C@@H]2Cc2ccccc2)[C@H]2C=C[C@@H]1C2)(C(C)C)C(C)C. The fourth-order valence-corrected chi connectivity index (χ4v) is 13.0. The van der Waals surface area contributed by atoms with Gasteiger partial charge in [-0.1, -0.05) is 84.0 Å². The number of hydrogen-bond acceptors (Lipinski definition) is 4. The van der Waals surface area contributed by atoms with Gasteiger partial charge in [-0.15, -0.1) is 0 Å². The molecule has 0 unspecified atom stereocenters. The molecule has 6 heteroatoms. The standard InChI is InChI=1S/C29H43NO4Si/c1-19(2)35(20(3)4,21(5)6)34-15-14-26-23-12-13-24(17-23)27(26)28(31)30-25(18-33-29(30)32)16-22-10-8-7-9-11-22/h7-13,19-21,23-27H,14-18H2,1-6H3/t23-,24+,25+,26+,27+/m1/s1. The number of carbonyl (C=O) groups is 2. The number of amides is 2. The Morgan fingerprint density at radius 1 is 1.03 bits per heavy atom. The molecule has 0 N–H and O–H groups in total. The molecule has 35 heavy (non-hydrogen) atoms. The summed E-state index contributed by atoms with van der Waals surface area (Å²) in [6.45, 7) is 14.8. The largest absolute Gasteiger partial charge is 0.447 e. The maximum Gasteiger partial charge on any atom is 0.416 e. The van der Waals surface area contributed by atoms with Crippen LogP contribution in [-0.4, -0.2) is 44.5 Å². The van der Waals surface area contributed by atoms with Crippen LogP contribution in [0.3, 0.4) is 0 Å². The molecule has 0 radical (unpaired) electrons. The van der Waals surface area contributed by atoms with Crippen LogP contribution in [0.25, 0.3) is 0 Å². The number of benzene rings is 1. The first kappa shape index (κ1) is 26.1. The lowest BCUT2D eigenvalue weighted by Crippen LogP contribution is -2.49. The fraction of sp³-hybridized carbons (Fsp3) is 0.655. The summed E-state index contributed by atoms with van der Waals surface area (Å²) in [7, 11) is -1.95. The van der Waals surface area contributed by atoms with Gasteiger partial charge in [0.05, 0.1) is 6.04 Å². The highest BCUT2D eigenvalue weighted by Crippen LogP contribution is 2.51. The Hall–Kier alpha value is -1.92. The Morgan fingerprint density at radius 3 is 2.29 bits per heavy atom. The number of rotatable bonds is 10. The average Bonchev–Trinajstić information content (AvgIpc) is 3.51. The summed E-state index contributed by atoms with van der Waals surface area (Å²) in [6.07, 6.45) is 6.52. The maximum absolute atomic E-state index is 13.9. The summed E-state index contributed by atoms with van der Waals surface area (Å²) in [5.74, 6) is 0.630. The van der Waals surface area contributed by atoms with Crippen molar-refractivity contribution in [1.82, 2.24) is 4.90 Å². The third-order valence-corrected chi connectivity index (χ3v) is 15.0. The Morgan fingerprint density at radius 2 is 1.66 bits per heavy atom. The summed E-state index contributed by atoms with van der Waals surface area (Å²) in [5.41, 5.74) is 2.73. The number of imide groups is 1. The Balaban J connectivity index is 1.48. The van der Waals surface area contributed by atoms with Gasteiger partial charge in [-0.05, 0) is 59.2 Å². The zero-order valence-corrected chi connectivity index (χ0v) is 23.3. The lowest BCUT2D eigenvalue weighted by Gasteiger charge is -2.42. The molecule has 0 spiro atoms. The normalized spacial score (nSPS) is 28.1. The second-order valence-corrected chi connectivity index (χ2v) is 17.2. The predicted octanol–water partition coefficient (Wildman–Crippen LogP) is 6.60. The Kier molecular flexibility index (Phi) is 7.91. The lowest BCUT2D eigenvalue weighted by molar-refractivity contribution is -0.136. The lowest BCUT2D eigenvalue weighted by atomic mass is 9.80. The number of fused-ring (bicyclic) bond motifs is 2. The molecule has 3 aliphatic rings. The van der Waals surface area contributed by atoms with E-state index in [1.807, 2.05) is 30.3 Å². The van der Waals surface area contributed by atoms with E-state index in [4.69, 9.17) is 9.16 Å². The van der Waals surface area contributed by atoms with Crippen LogP contribution in [0.15, 0.2) is 42.5 Å². The number of carbonyl (C=O) groups excluding carboxylic acids is 2. The number of allylic oxidation sites excluding steroid dienone is 2. The van der Waals surface area contributed by atoms with Gasteiger partial charge in [0.1, 0.15) is 6.61 Å². The van der Waals surface area contributed by atoms with Gasteiger partial charge in [0.15, 0.2) is 8.32 Å². The molecule has 2 fully saturated rings. The molecule has 5 nitrogen and oxygen atoms in total. The summed E-state index contributed by atoms with van der Waals surface area (Å²) in [6, 6.07) is 9.81. The van der Waals surface area contributed by atoms with Gasteiger partial charge < -0.3 is 9.16 Å². The van der Waals surface area contributed by atoms with E-state index in [1.54, 1.807) is 0 Å². The summed E-state index contributed by atoms with van der Waals surface area (Å²) < 4.78 is 12.2. The topological polar surface area (TPSA) is 55.8 Å². The molecule has 1 aliphatic heterocycles. The molecule has 1 aromatic carbocycles. The van der Waals surface area contributed by atoms with Crippen LogP contribution in [0.1, 0.15) is 59.9 Å². The van der Waals surface area contributed by atoms with E-state index in [0.717, 1.165) is 18.4 Å². The number of hydrogen-bond donors (Lipinski definition) is 0. The number of nitrogens with zero attached hydrogens (tertiary/aromatic N) is 1. The minimum absolute atomic E-state index is 0.0460. The van der Waals surface area contributed by atoms with Crippen LogP contribution in [0, 0.1) is 23.7 Å². The molecule has 192 valence electrons. The van der Waals surface area contributed by atoms with Gasteiger partial charge in [-0.25, -0.2) is 9.69 Å².